The maximum atomic E-state index is 12.6. The quantitative estimate of drug-likeness (QED) is 0.575. The van der Waals surface area contributed by atoms with E-state index in [9.17, 15) is 22.0 Å². The third-order valence-corrected chi connectivity index (χ3v) is 2.85. The summed E-state index contributed by atoms with van der Waals surface area (Å²) in [6.45, 7) is 0. The first kappa shape index (κ1) is 13.6. The lowest BCUT2D eigenvalue weighted by molar-refractivity contribution is -0.138. The summed E-state index contributed by atoms with van der Waals surface area (Å²) in [7, 11) is 0. The molecule has 0 aliphatic carbocycles. The van der Waals surface area contributed by atoms with Crippen molar-refractivity contribution in [1.29, 1.82) is 0 Å². The van der Waals surface area contributed by atoms with Crippen LogP contribution in [0.25, 0.3) is 0 Å². The lowest BCUT2D eigenvalue weighted by Gasteiger charge is -2.15. The Morgan fingerprint density at radius 2 is 1.94 bits per heavy atom. The Morgan fingerprint density at radius 3 is 2.31 bits per heavy atom. The molecule has 0 spiro atoms. The number of pyridine rings is 1. The molecule has 0 fully saturated rings. The first-order valence-corrected chi connectivity index (χ1v) is 5.20. The number of alkyl halides is 6. The summed E-state index contributed by atoms with van der Waals surface area (Å²) in [5.74, 6) is -0.454. The molecule has 16 heavy (non-hydrogen) atoms. The largest absolute Gasteiger partial charge is 0.417 e. The van der Waals surface area contributed by atoms with E-state index in [-0.39, 0.29) is 5.56 Å². The Labute approximate surface area is 101 Å². The van der Waals surface area contributed by atoms with Gasteiger partial charge in [-0.15, -0.1) is 11.6 Å². The normalized spacial score (nSPS) is 12.2. The highest BCUT2D eigenvalue weighted by molar-refractivity contribution is 9.10. The Kier molecular flexibility index (Phi) is 4.12. The lowest BCUT2D eigenvalue weighted by atomic mass is 10.1. The van der Waals surface area contributed by atoms with E-state index in [1.54, 1.807) is 0 Å². The summed E-state index contributed by atoms with van der Waals surface area (Å²) in [6.07, 6.45) is -7.13. The van der Waals surface area contributed by atoms with Gasteiger partial charge >= 0.3 is 6.18 Å². The molecule has 8 heteroatoms. The lowest BCUT2D eigenvalue weighted by Crippen LogP contribution is -2.12. The summed E-state index contributed by atoms with van der Waals surface area (Å²) in [6, 6.07) is 0. The average Bonchev–Trinajstić information content (AvgIpc) is 2.14. The SMILES string of the molecule is FC(F)c1ncc(CCl)c(C(F)(F)F)c1Br. The topological polar surface area (TPSA) is 12.9 Å². The number of aromatic nitrogens is 1. The molecule has 1 heterocycles. The second-order valence-electron chi connectivity index (χ2n) is 2.79. The van der Waals surface area contributed by atoms with E-state index in [1.807, 2.05) is 0 Å². The van der Waals surface area contributed by atoms with Gasteiger partial charge in [-0.25, -0.2) is 8.78 Å². The molecular formula is C8H4BrClF5N. The van der Waals surface area contributed by atoms with Crippen LogP contribution in [0, 0.1) is 0 Å². The number of rotatable bonds is 2. The Hall–Kier alpha value is -0.430. The highest BCUT2D eigenvalue weighted by Gasteiger charge is 2.38. The predicted molar refractivity (Wildman–Crippen MR) is 51.5 cm³/mol. The molecular weight excluding hydrogens is 320 g/mol. The van der Waals surface area contributed by atoms with Crippen LogP contribution in [0.3, 0.4) is 0 Å². The Balaban J connectivity index is 3.47. The molecule has 0 amide bonds. The van der Waals surface area contributed by atoms with Gasteiger partial charge in [0.1, 0.15) is 5.69 Å². The molecule has 0 N–H and O–H groups in total. The van der Waals surface area contributed by atoms with Gasteiger partial charge in [0.2, 0.25) is 0 Å². The van der Waals surface area contributed by atoms with Crippen molar-refractivity contribution in [2.45, 2.75) is 18.5 Å². The van der Waals surface area contributed by atoms with Crippen LogP contribution in [0.1, 0.15) is 23.2 Å². The van der Waals surface area contributed by atoms with Crippen molar-refractivity contribution in [2.75, 3.05) is 0 Å². The van der Waals surface area contributed by atoms with Gasteiger partial charge in [-0.3, -0.25) is 4.98 Å². The second-order valence-corrected chi connectivity index (χ2v) is 3.85. The summed E-state index contributed by atoms with van der Waals surface area (Å²) in [5.41, 5.74) is -2.49. The minimum Gasteiger partial charge on any atom is -0.254 e. The van der Waals surface area contributed by atoms with Crippen LogP contribution in [-0.2, 0) is 12.1 Å². The van der Waals surface area contributed by atoms with Crippen molar-refractivity contribution in [3.8, 4) is 0 Å². The van der Waals surface area contributed by atoms with Gasteiger partial charge in [0.15, 0.2) is 0 Å². The molecule has 0 unspecified atom stereocenters. The second kappa shape index (κ2) is 4.83. The van der Waals surface area contributed by atoms with Crippen molar-refractivity contribution in [3.05, 3.63) is 27.5 Å². The molecule has 0 saturated carbocycles. The van der Waals surface area contributed by atoms with Crippen molar-refractivity contribution in [3.63, 3.8) is 0 Å². The van der Waals surface area contributed by atoms with Gasteiger partial charge in [0.25, 0.3) is 6.43 Å². The van der Waals surface area contributed by atoms with Crippen LogP contribution in [0.4, 0.5) is 22.0 Å². The molecule has 90 valence electrons. The van der Waals surface area contributed by atoms with Gasteiger partial charge in [-0.2, -0.15) is 13.2 Å². The van der Waals surface area contributed by atoms with Gasteiger partial charge in [-0.1, -0.05) is 0 Å². The van der Waals surface area contributed by atoms with E-state index >= 15 is 0 Å². The molecule has 0 bridgehead atoms. The van der Waals surface area contributed by atoms with E-state index in [0.717, 1.165) is 0 Å². The van der Waals surface area contributed by atoms with Gasteiger partial charge in [0, 0.05) is 12.1 Å². The molecule has 1 rings (SSSR count). The zero-order chi connectivity index (χ0) is 12.5. The third-order valence-electron chi connectivity index (χ3n) is 1.76. The molecule has 0 atom stereocenters. The monoisotopic (exact) mass is 323 g/mol. The van der Waals surface area contributed by atoms with E-state index < -0.39 is 34.2 Å². The van der Waals surface area contributed by atoms with Crippen molar-refractivity contribution < 1.29 is 22.0 Å². The van der Waals surface area contributed by atoms with Crippen molar-refractivity contribution in [1.82, 2.24) is 4.98 Å². The summed E-state index contributed by atoms with van der Waals surface area (Å²) >= 11 is 7.78. The van der Waals surface area contributed by atoms with Crippen LogP contribution in [-0.4, -0.2) is 4.98 Å². The van der Waals surface area contributed by atoms with Crippen LogP contribution >= 0.6 is 27.5 Å². The van der Waals surface area contributed by atoms with E-state index in [0.29, 0.717) is 6.20 Å². The van der Waals surface area contributed by atoms with Crippen molar-refractivity contribution in [2.24, 2.45) is 0 Å². The third kappa shape index (κ3) is 2.63. The summed E-state index contributed by atoms with van der Waals surface area (Å²) in [5, 5.41) is 0. The maximum Gasteiger partial charge on any atom is 0.417 e. The first-order valence-electron chi connectivity index (χ1n) is 3.87. The van der Waals surface area contributed by atoms with E-state index in [4.69, 9.17) is 11.6 Å². The number of hydrogen-bond acceptors (Lipinski definition) is 1. The van der Waals surface area contributed by atoms with E-state index in [2.05, 4.69) is 20.9 Å². The van der Waals surface area contributed by atoms with E-state index in [1.165, 1.54) is 0 Å². The van der Waals surface area contributed by atoms with Crippen LogP contribution < -0.4 is 0 Å². The molecule has 1 aromatic rings. The molecule has 0 aromatic carbocycles. The van der Waals surface area contributed by atoms with Crippen LogP contribution in [0.15, 0.2) is 10.7 Å². The Bertz CT molecular complexity index is 393. The fourth-order valence-corrected chi connectivity index (χ4v) is 2.06. The molecule has 0 aliphatic rings. The minimum absolute atomic E-state index is 0.342. The molecule has 0 aliphatic heterocycles. The van der Waals surface area contributed by atoms with Crippen molar-refractivity contribution >= 4 is 27.5 Å². The standard InChI is InChI=1S/C8H4BrClF5N/c9-5-4(8(13,14)15)3(1-10)2-16-6(5)7(11)12/h2,7H,1H2. The number of halogens is 7. The summed E-state index contributed by atoms with van der Waals surface area (Å²) in [4.78, 5) is 3.24. The maximum absolute atomic E-state index is 12.6. The van der Waals surface area contributed by atoms with Gasteiger partial charge < -0.3 is 0 Å². The van der Waals surface area contributed by atoms with Gasteiger partial charge in [0.05, 0.1) is 10.0 Å². The molecule has 0 saturated heterocycles. The zero-order valence-corrected chi connectivity index (χ0v) is 9.80. The van der Waals surface area contributed by atoms with Crippen LogP contribution in [0.2, 0.25) is 0 Å². The predicted octanol–water partition coefficient (Wildman–Crippen LogP) is 4.54. The summed E-state index contributed by atoms with van der Waals surface area (Å²) < 4.78 is 61.7. The Morgan fingerprint density at radius 1 is 1.38 bits per heavy atom. The molecule has 1 nitrogen and oxygen atoms in total. The highest BCUT2D eigenvalue weighted by Crippen LogP contribution is 2.40. The fraction of sp³-hybridized carbons (Fsp3) is 0.375. The first-order chi connectivity index (χ1) is 7.29. The average molecular weight is 324 g/mol. The highest BCUT2D eigenvalue weighted by atomic mass is 79.9. The van der Waals surface area contributed by atoms with Crippen LogP contribution in [0.5, 0.6) is 0 Å². The zero-order valence-electron chi connectivity index (χ0n) is 7.45. The molecule has 1 aromatic heterocycles. The smallest absolute Gasteiger partial charge is 0.254 e. The van der Waals surface area contributed by atoms with Gasteiger partial charge in [-0.05, 0) is 21.5 Å². The molecule has 0 radical (unpaired) electrons. The number of nitrogens with zero attached hydrogens (tertiary/aromatic N) is 1. The fourth-order valence-electron chi connectivity index (χ4n) is 1.10. The minimum atomic E-state index is -4.75. The number of hydrogen-bond donors (Lipinski definition) is 0.